The van der Waals surface area contributed by atoms with Crippen molar-refractivity contribution in [3.63, 3.8) is 0 Å². The molecule has 0 aliphatic carbocycles. The van der Waals surface area contributed by atoms with E-state index in [1.165, 1.54) is 0 Å². The summed E-state index contributed by atoms with van der Waals surface area (Å²) < 4.78 is 6.37. The maximum Gasteiger partial charge on any atom is 0.339 e. The van der Waals surface area contributed by atoms with Gasteiger partial charge in [0.2, 0.25) is 0 Å². The van der Waals surface area contributed by atoms with E-state index in [2.05, 4.69) is 15.9 Å². The smallest absolute Gasteiger partial charge is 0.339 e. The number of aryl methyl sites for hydroxylation is 1. The number of carbonyl (C=O) groups is 1. The zero-order valence-electron chi connectivity index (χ0n) is 10.9. The van der Waals surface area contributed by atoms with E-state index in [0.717, 1.165) is 28.2 Å². The van der Waals surface area contributed by atoms with Crippen molar-refractivity contribution < 1.29 is 19.6 Å². The molecule has 0 unspecified atom stereocenters. The van der Waals surface area contributed by atoms with Gasteiger partial charge in [-0.2, -0.15) is 0 Å². The van der Waals surface area contributed by atoms with E-state index < -0.39 is 10.9 Å². The molecule has 2 rings (SSSR count). The summed E-state index contributed by atoms with van der Waals surface area (Å²) in [7, 11) is 0. The monoisotopic (exact) mass is 351 g/mol. The lowest BCUT2D eigenvalue weighted by atomic mass is 10.2. The van der Waals surface area contributed by atoms with Crippen molar-refractivity contribution in [1.82, 2.24) is 0 Å². The fourth-order valence-electron chi connectivity index (χ4n) is 1.69. The Morgan fingerprint density at radius 3 is 2.57 bits per heavy atom. The Morgan fingerprint density at radius 2 is 2.00 bits per heavy atom. The molecule has 21 heavy (non-hydrogen) atoms. The fourth-order valence-corrected chi connectivity index (χ4v) is 1.94. The number of halogens is 1. The van der Waals surface area contributed by atoms with Gasteiger partial charge in [-0.3, -0.25) is 10.1 Å². The lowest BCUT2D eigenvalue weighted by molar-refractivity contribution is -0.384. The van der Waals surface area contributed by atoms with Crippen LogP contribution in [0, 0.1) is 17.0 Å². The van der Waals surface area contributed by atoms with Crippen LogP contribution in [-0.2, 0) is 0 Å². The molecule has 0 fully saturated rings. The second-order valence-electron chi connectivity index (χ2n) is 4.26. The molecule has 2 aromatic carbocycles. The van der Waals surface area contributed by atoms with Crippen LogP contribution < -0.4 is 4.74 Å². The summed E-state index contributed by atoms with van der Waals surface area (Å²) in [5, 5.41) is 19.9. The zero-order valence-corrected chi connectivity index (χ0v) is 12.5. The first kappa shape index (κ1) is 15.0. The van der Waals surface area contributed by atoms with Crippen LogP contribution in [0.1, 0.15) is 15.9 Å². The number of non-ortho nitro benzene ring substituents is 1. The van der Waals surface area contributed by atoms with E-state index in [1.54, 1.807) is 18.2 Å². The predicted octanol–water partition coefficient (Wildman–Crippen LogP) is 4.16. The van der Waals surface area contributed by atoms with E-state index in [-0.39, 0.29) is 17.0 Å². The minimum Gasteiger partial charge on any atom is -0.478 e. The van der Waals surface area contributed by atoms with Crippen molar-refractivity contribution in [1.29, 1.82) is 0 Å². The molecule has 0 radical (unpaired) electrons. The molecule has 0 bridgehead atoms. The van der Waals surface area contributed by atoms with Crippen LogP contribution in [0.3, 0.4) is 0 Å². The number of nitro groups is 1. The topological polar surface area (TPSA) is 89.7 Å². The molecule has 0 saturated carbocycles. The highest BCUT2D eigenvalue weighted by atomic mass is 79.9. The molecule has 108 valence electrons. The van der Waals surface area contributed by atoms with Gasteiger partial charge in [0.25, 0.3) is 5.69 Å². The zero-order chi connectivity index (χ0) is 15.6. The lowest BCUT2D eigenvalue weighted by Gasteiger charge is -2.09. The average Bonchev–Trinajstić information content (AvgIpc) is 2.42. The van der Waals surface area contributed by atoms with Gasteiger partial charge in [-0.1, -0.05) is 15.9 Å². The Balaban J connectivity index is 2.45. The van der Waals surface area contributed by atoms with Crippen LogP contribution in [0.2, 0.25) is 0 Å². The van der Waals surface area contributed by atoms with Gasteiger partial charge in [0.15, 0.2) is 0 Å². The Kier molecular flexibility index (Phi) is 4.23. The minimum atomic E-state index is -1.21. The van der Waals surface area contributed by atoms with E-state index in [4.69, 9.17) is 9.84 Å². The van der Waals surface area contributed by atoms with E-state index >= 15 is 0 Å². The van der Waals surface area contributed by atoms with Crippen molar-refractivity contribution in [3.8, 4) is 11.5 Å². The third-order valence-electron chi connectivity index (χ3n) is 2.76. The highest BCUT2D eigenvalue weighted by Gasteiger charge is 2.17. The van der Waals surface area contributed by atoms with Gasteiger partial charge in [0.05, 0.1) is 11.0 Å². The molecule has 2 aromatic rings. The number of carboxylic acids is 1. The number of nitrogens with zero attached hydrogens (tertiary/aromatic N) is 1. The van der Waals surface area contributed by atoms with Crippen molar-refractivity contribution in [3.05, 3.63) is 62.1 Å². The number of nitro benzene ring substituents is 1. The van der Waals surface area contributed by atoms with Gasteiger partial charge in [0, 0.05) is 10.5 Å². The average molecular weight is 352 g/mol. The largest absolute Gasteiger partial charge is 0.478 e. The molecule has 7 heteroatoms. The summed E-state index contributed by atoms with van der Waals surface area (Å²) >= 11 is 3.34. The van der Waals surface area contributed by atoms with Gasteiger partial charge in [-0.25, -0.2) is 4.79 Å². The Bertz CT molecular complexity index is 729. The Hall–Kier alpha value is -2.41. The lowest BCUT2D eigenvalue weighted by Crippen LogP contribution is -2.01. The molecule has 0 amide bonds. The summed E-state index contributed by atoms with van der Waals surface area (Å²) in [5.41, 5.74) is 0.528. The van der Waals surface area contributed by atoms with Crippen LogP contribution in [0.5, 0.6) is 11.5 Å². The van der Waals surface area contributed by atoms with E-state index in [1.807, 2.05) is 6.92 Å². The quantitative estimate of drug-likeness (QED) is 0.659. The minimum absolute atomic E-state index is 0.0709. The van der Waals surface area contributed by atoms with Crippen LogP contribution >= 0.6 is 15.9 Å². The molecule has 0 heterocycles. The van der Waals surface area contributed by atoms with Gasteiger partial charge in [0.1, 0.15) is 17.1 Å². The van der Waals surface area contributed by atoms with Crippen molar-refractivity contribution >= 4 is 27.6 Å². The van der Waals surface area contributed by atoms with Crippen LogP contribution in [0.4, 0.5) is 5.69 Å². The third kappa shape index (κ3) is 3.38. The van der Waals surface area contributed by atoms with E-state index in [0.29, 0.717) is 5.75 Å². The third-order valence-corrected chi connectivity index (χ3v) is 3.65. The van der Waals surface area contributed by atoms with Crippen LogP contribution in [0.25, 0.3) is 0 Å². The van der Waals surface area contributed by atoms with Crippen molar-refractivity contribution in [2.24, 2.45) is 0 Å². The predicted molar refractivity (Wildman–Crippen MR) is 79.0 cm³/mol. The summed E-state index contributed by atoms with van der Waals surface area (Å²) in [6.07, 6.45) is 0. The second-order valence-corrected chi connectivity index (χ2v) is 5.11. The molecule has 6 nitrogen and oxygen atoms in total. The number of hydrogen-bond donors (Lipinski definition) is 1. The molecular formula is C14H10BrNO5. The maximum atomic E-state index is 11.2. The molecule has 1 N–H and O–H groups in total. The SMILES string of the molecule is Cc1cc(Oc2cc([N+](=O)[O-])ccc2C(=O)O)ccc1Br. The maximum absolute atomic E-state index is 11.2. The standard InChI is InChI=1S/C14H10BrNO5/c1-8-6-10(3-5-12(8)15)21-13-7-9(16(19)20)2-4-11(13)14(17)18/h2-7H,1H3,(H,17,18). The highest BCUT2D eigenvalue weighted by molar-refractivity contribution is 9.10. The summed E-state index contributed by atoms with van der Waals surface area (Å²) in [4.78, 5) is 21.3. The molecule has 0 saturated heterocycles. The second kappa shape index (κ2) is 5.92. The first-order valence-electron chi connectivity index (χ1n) is 5.84. The van der Waals surface area contributed by atoms with Gasteiger partial charge >= 0.3 is 5.97 Å². The van der Waals surface area contributed by atoms with Gasteiger partial charge < -0.3 is 9.84 Å². The Morgan fingerprint density at radius 1 is 1.29 bits per heavy atom. The normalized spacial score (nSPS) is 10.2. The first-order chi connectivity index (χ1) is 9.88. The summed E-state index contributed by atoms with van der Waals surface area (Å²) in [6, 6.07) is 8.48. The summed E-state index contributed by atoms with van der Waals surface area (Å²) in [6.45, 7) is 1.85. The van der Waals surface area contributed by atoms with Crippen molar-refractivity contribution in [2.45, 2.75) is 6.92 Å². The number of hydrogen-bond acceptors (Lipinski definition) is 4. The number of benzene rings is 2. The molecule has 0 aliphatic rings. The molecule has 0 spiro atoms. The number of ether oxygens (including phenoxy) is 1. The number of carboxylic acid groups (broad SMARTS) is 1. The summed E-state index contributed by atoms with van der Waals surface area (Å²) in [5.74, 6) is -0.883. The Labute approximate surface area is 128 Å². The van der Waals surface area contributed by atoms with Gasteiger partial charge in [-0.15, -0.1) is 0 Å². The van der Waals surface area contributed by atoms with Crippen LogP contribution in [0.15, 0.2) is 40.9 Å². The fraction of sp³-hybridized carbons (Fsp3) is 0.0714. The highest BCUT2D eigenvalue weighted by Crippen LogP contribution is 2.31. The van der Waals surface area contributed by atoms with E-state index in [9.17, 15) is 14.9 Å². The molecule has 0 atom stereocenters. The van der Waals surface area contributed by atoms with Gasteiger partial charge in [-0.05, 0) is 36.8 Å². The van der Waals surface area contributed by atoms with Crippen molar-refractivity contribution in [2.75, 3.05) is 0 Å². The molecular weight excluding hydrogens is 342 g/mol. The molecule has 0 aromatic heterocycles. The first-order valence-corrected chi connectivity index (χ1v) is 6.63. The number of aromatic carboxylic acids is 1. The molecule has 0 aliphatic heterocycles. The number of rotatable bonds is 4. The van der Waals surface area contributed by atoms with Crippen LogP contribution in [-0.4, -0.2) is 16.0 Å².